The molecule has 3 heterocycles. The molecule has 5 heteroatoms. The Bertz CT molecular complexity index is 832. The maximum Gasteiger partial charge on any atom is 0.168 e. The van der Waals surface area contributed by atoms with Gasteiger partial charge in [-0.2, -0.15) is 0 Å². The van der Waals surface area contributed by atoms with E-state index in [4.69, 9.17) is 9.15 Å². The third kappa shape index (κ3) is 1.75. The molecular formula is C17H16N2O2S. The van der Waals surface area contributed by atoms with Gasteiger partial charge >= 0.3 is 0 Å². The third-order valence-corrected chi connectivity index (χ3v) is 5.77. The summed E-state index contributed by atoms with van der Waals surface area (Å²) in [5.74, 6) is 1.55. The van der Waals surface area contributed by atoms with E-state index >= 15 is 0 Å². The SMILES string of the molecule is COc1cc(C2=C(C3CC3)SC3=NCCN32)c2ccoc2c1. The van der Waals surface area contributed by atoms with Crippen LogP contribution in [0.5, 0.6) is 5.75 Å². The van der Waals surface area contributed by atoms with Crippen molar-refractivity contribution in [3.05, 3.63) is 34.9 Å². The maximum atomic E-state index is 5.63. The molecular weight excluding hydrogens is 296 g/mol. The summed E-state index contributed by atoms with van der Waals surface area (Å²) in [7, 11) is 1.70. The molecule has 0 unspecified atom stereocenters. The second-order valence-corrected chi connectivity index (χ2v) is 6.92. The van der Waals surface area contributed by atoms with E-state index in [1.807, 2.05) is 17.8 Å². The fourth-order valence-electron chi connectivity index (χ4n) is 3.26. The topological polar surface area (TPSA) is 38.0 Å². The van der Waals surface area contributed by atoms with Crippen molar-refractivity contribution in [3.63, 3.8) is 0 Å². The fourth-order valence-corrected chi connectivity index (χ4v) is 4.63. The van der Waals surface area contributed by atoms with Crippen LogP contribution < -0.4 is 4.74 Å². The lowest BCUT2D eigenvalue weighted by Crippen LogP contribution is -2.20. The van der Waals surface area contributed by atoms with Crippen LogP contribution in [0.3, 0.4) is 0 Å². The Morgan fingerprint density at radius 3 is 3.09 bits per heavy atom. The van der Waals surface area contributed by atoms with Gasteiger partial charge in [-0.25, -0.2) is 0 Å². The normalized spacial score (nSPS) is 20.8. The number of furan rings is 1. The minimum Gasteiger partial charge on any atom is -0.497 e. The smallest absolute Gasteiger partial charge is 0.168 e. The molecule has 1 saturated carbocycles. The van der Waals surface area contributed by atoms with Gasteiger partial charge in [0.25, 0.3) is 0 Å². The van der Waals surface area contributed by atoms with Gasteiger partial charge in [-0.05, 0) is 30.9 Å². The molecule has 1 aromatic carbocycles. The van der Waals surface area contributed by atoms with Gasteiger partial charge in [0.1, 0.15) is 11.3 Å². The van der Waals surface area contributed by atoms with E-state index in [9.17, 15) is 0 Å². The predicted octanol–water partition coefficient (Wildman–Crippen LogP) is 3.94. The van der Waals surface area contributed by atoms with E-state index in [-0.39, 0.29) is 0 Å². The molecule has 0 saturated heterocycles. The van der Waals surface area contributed by atoms with Crippen LogP contribution >= 0.6 is 11.8 Å². The van der Waals surface area contributed by atoms with Crippen LogP contribution in [-0.4, -0.2) is 30.3 Å². The number of rotatable bonds is 3. The Hall–Kier alpha value is -1.88. The first kappa shape index (κ1) is 12.6. The first-order valence-corrected chi connectivity index (χ1v) is 8.46. The van der Waals surface area contributed by atoms with Gasteiger partial charge in [-0.3, -0.25) is 4.99 Å². The molecule has 1 aromatic heterocycles. The summed E-state index contributed by atoms with van der Waals surface area (Å²) in [5.41, 5.74) is 3.42. The summed E-state index contributed by atoms with van der Waals surface area (Å²) in [6, 6.07) is 6.14. The average molecular weight is 312 g/mol. The van der Waals surface area contributed by atoms with E-state index in [1.165, 1.54) is 29.0 Å². The molecule has 0 spiro atoms. The van der Waals surface area contributed by atoms with Crippen LogP contribution in [0.15, 0.2) is 38.8 Å². The highest BCUT2D eigenvalue weighted by molar-refractivity contribution is 8.17. The monoisotopic (exact) mass is 312 g/mol. The van der Waals surface area contributed by atoms with E-state index < -0.39 is 0 Å². The Morgan fingerprint density at radius 2 is 2.27 bits per heavy atom. The number of hydrogen-bond donors (Lipinski definition) is 0. The number of benzene rings is 1. The van der Waals surface area contributed by atoms with Gasteiger partial charge in [-0.1, -0.05) is 11.8 Å². The van der Waals surface area contributed by atoms with Crippen molar-refractivity contribution in [2.24, 2.45) is 10.9 Å². The lowest BCUT2D eigenvalue weighted by molar-refractivity contribution is 0.414. The van der Waals surface area contributed by atoms with Crippen molar-refractivity contribution < 1.29 is 9.15 Å². The summed E-state index contributed by atoms with van der Waals surface area (Å²) in [5, 5.41) is 2.32. The van der Waals surface area contributed by atoms with E-state index in [0.29, 0.717) is 5.92 Å². The molecule has 1 fully saturated rings. The van der Waals surface area contributed by atoms with Crippen LogP contribution in [0, 0.1) is 5.92 Å². The molecule has 2 aromatic rings. The van der Waals surface area contributed by atoms with Crippen molar-refractivity contribution >= 4 is 33.6 Å². The Morgan fingerprint density at radius 1 is 1.36 bits per heavy atom. The largest absolute Gasteiger partial charge is 0.497 e. The van der Waals surface area contributed by atoms with Crippen LogP contribution in [0.2, 0.25) is 0 Å². The molecule has 0 atom stereocenters. The van der Waals surface area contributed by atoms with Crippen LogP contribution in [0.1, 0.15) is 18.4 Å². The molecule has 4 nitrogen and oxygen atoms in total. The molecule has 0 bridgehead atoms. The zero-order chi connectivity index (χ0) is 14.7. The summed E-state index contributed by atoms with van der Waals surface area (Å²) in [6.07, 6.45) is 4.35. The average Bonchev–Trinajstić information content (AvgIpc) is 2.97. The molecule has 22 heavy (non-hydrogen) atoms. The van der Waals surface area contributed by atoms with Crippen LogP contribution in [0.4, 0.5) is 0 Å². The molecule has 0 N–H and O–H groups in total. The Labute approximate surface area is 132 Å². The predicted molar refractivity (Wildman–Crippen MR) is 89.0 cm³/mol. The van der Waals surface area contributed by atoms with Gasteiger partial charge in [0, 0.05) is 28.5 Å². The van der Waals surface area contributed by atoms with Crippen molar-refractivity contribution in [2.75, 3.05) is 20.2 Å². The van der Waals surface area contributed by atoms with E-state index in [2.05, 4.69) is 22.0 Å². The van der Waals surface area contributed by atoms with Crippen molar-refractivity contribution in [1.82, 2.24) is 4.90 Å². The number of methoxy groups -OCH3 is 1. The minimum absolute atomic E-state index is 0.710. The standard InChI is InChI=1S/C17H16N2O2S/c1-20-11-8-13(12-4-7-21-14(12)9-11)15-16(10-2-3-10)22-17-18-5-6-19(15)17/h4,7-10H,2-3,5-6H2,1H3. The second kappa shape index (κ2) is 4.56. The van der Waals surface area contributed by atoms with Gasteiger partial charge in [0.05, 0.1) is 25.6 Å². The maximum absolute atomic E-state index is 5.63. The zero-order valence-corrected chi connectivity index (χ0v) is 13.2. The van der Waals surface area contributed by atoms with Crippen molar-refractivity contribution in [1.29, 1.82) is 0 Å². The quantitative estimate of drug-likeness (QED) is 0.860. The molecule has 112 valence electrons. The van der Waals surface area contributed by atoms with E-state index in [0.717, 1.165) is 35.0 Å². The highest BCUT2D eigenvalue weighted by atomic mass is 32.2. The number of nitrogens with zero attached hydrogens (tertiary/aromatic N) is 2. The molecule has 5 rings (SSSR count). The van der Waals surface area contributed by atoms with Gasteiger partial charge in [-0.15, -0.1) is 0 Å². The number of amidine groups is 1. The molecule has 2 aliphatic heterocycles. The summed E-state index contributed by atoms with van der Waals surface area (Å²) >= 11 is 1.86. The lowest BCUT2D eigenvalue weighted by atomic mass is 10.0. The molecule has 1 aliphatic carbocycles. The first-order chi connectivity index (χ1) is 10.8. The number of allylic oxidation sites excluding steroid dienone is 1. The number of ether oxygens (including phenoxy) is 1. The number of hydrogen-bond acceptors (Lipinski definition) is 5. The van der Waals surface area contributed by atoms with Crippen molar-refractivity contribution in [3.8, 4) is 5.75 Å². The minimum atomic E-state index is 0.710. The second-order valence-electron chi connectivity index (χ2n) is 5.91. The summed E-state index contributed by atoms with van der Waals surface area (Å²) < 4.78 is 11.1. The van der Waals surface area contributed by atoms with Gasteiger partial charge in [0.2, 0.25) is 0 Å². The third-order valence-electron chi connectivity index (χ3n) is 4.49. The van der Waals surface area contributed by atoms with Gasteiger partial charge < -0.3 is 14.1 Å². The van der Waals surface area contributed by atoms with E-state index in [1.54, 1.807) is 13.4 Å². The zero-order valence-electron chi connectivity index (χ0n) is 12.3. The summed E-state index contributed by atoms with van der Waals surface area (Å²) in [6.45, 7) is 1.87. The molecule has 3 aliphatic rings. The van der Waals surface area contributed by atoms with Crippen molar-refractivity contribution in [2.45, 2.75) is 12.8 Å². The Balaban J connectivity index is 1.76. The number of thioether (sulfide) groups is 1. The number of aliphatic imine (C=N–C) groups is 1. The highest BCUT2D eigenvalue weighted by Crippen LogP contribution is 2.53. The molecule has 0 amide bonds. The summed E-state index contributed by atoms with van der Waals surface area (Å²) in [4.78, 5) is 8.51. The van der Waals surface area contributed by atoms with Crippen LogP contribution in [0.25, 0.3) is 16.7 Å². The highest BCUT2D eigenvalue weighted by Gasteiger charge is 2.40. The molecule has 0 radical (unpaired) electrons. The van der Waals surface area contributed by atoms with Gasteiger partial charge in [0.15, 0.2) is 5.17 Å². The lowest BCUT2D eigenvalue weighted by Gasteiger charge is -2.18. The fraction of sp³-hybridized carbons (Fsp3) is 0.353. The first-order valence-electron chi connectivity index (χ1n) is 7.65. The number of fused-ring (bicyclic) bond motifs is 2. The Kier molecular flexibility index (Phi) is 2.62. The van der Waals surface area contributed by atoms with Crippen LogP contribution in [-0.2, 0) is 0 Å².